The molecule has 0 saturated heterocycles. The predicted octanol–water partition coefficient (Wildman–Crippen LogP) is 8.55. The third-order valence-corrected chi connectivity index (χ3v) is 7.26. The van der Waals surface area contributed by atoms with Gasteiger partial charge in [0.05, 0.1) is 23.1 Å². The average Bonchev–Trinajstić information content (AvgIpc) is 3.65. The quantitative estimate of drug-likeness (QED) is 0.235. The van der Waals surface area contributed by atoms with Crippen molar-refractivity contribution in [1.29, 1.82) is 0 Å². The molecule has 2 heterocycles. The van der Waals surface area contributed by atoms with Gasteiger partial charge in [0, 0.05) is 27.9 Å². The molecule has 180 valence electrons. The zero-order valence-corrected chi connectivity index (χ0v) is 21.2. The molecule has 0 radical (unpaired) electrons. The summed E-state index contributed by atoms with van der Waals surface area (Å²) in [4.78, 5) is 5.34. The number of aromatic nitrogens is 4. The topological polar surface area (TPSA) is 43.6 Å². The Balaban J connectivity index is 1.56. The van der Waals surface area contributed by atoms with Crippen molar-refractivity contribution in [2.24, 2.45) is 0 Å². The van der Waals surface area contributed by atoms with Gasteiger partial charge < -0.3 is 0 Å². The Morgan fingerprint density at radius 3 is 1.61 bits per heavy atom. The summed E-state index contributed by atoms with van der Waals surface area (Å²) in [5.41, 5.74) is 10.1. The molecule has 0 spiro atoms. The summed E-state index contributed by atoms with van der Waals surface area (Å²) in [5.74, 6) is 0.839. The fourth-order valence-electron chi connectivity index (χ4n) is 4.99. The standard InChI is InChI=1S/C33H22N4S/c1-5-13-23(14-6-1)27-21-22-28(31-30(27)35-38-36-31)33-34-29(24-15-7-2-8-16-24)32(25-17-9-3-10-18-25)37(33)26-19-11-4-12-20-26/h1-22H. The summed E-state index contributed by atoms with van der Waals surface area (Å²) in [6.45, 7) is 0. The van der Waals surface area contributed by atoms with E-state index in [0.29, 0.717) is 0 Å². The van der Waals surface area contributed by atoms with Crippen LogP contribution in [-0.4, -0.2) is 18.3 Å². The molecule has 0 bridgehead atoms. The van der Waals surface area contributed by atoms with Gasteiger partial charge in [0.25, 0.3) is 0 Å². The number of hydrogen-bond donors (Lipinski definition) is 0. The van der Waals surface area contributed by atoms with Crippen LogP contribution in [0.2, 0.25) is 0 Å². The van der Waals surface area contributed by atoms with E-state index in [1.54, 1.807) is 0 Å². The van der Waals surface area contributed by atoms with Crippen LogP contribution < -0.4 is 0 Å². The number of para-hydroxylation sites is 1. The molecule has 0 aliphatic heterocycles. The summed E-state index contributed by atoms with van der Waals surface area (Å²) in [6, 6.07) is 45.9. The first-order valence-electron chi connectivity index (χ1n) is 12.5. The largest absolute Gasteiger partial charge is 0.292 e. The zero-order valence-electron chi connectivity index (χ0n) is 20.4. The molecule has 0 N–H and O–H groups in total. The molecular formula is C33H22N4S. The minimum absolute atomic E-state index is 0.839. The molecular weight excluding hydrogens is 484 g/mol. The predicted molar refractivity (Wildman–Crippen MR) is 156 cm³/mol. The Hall–Kier alpha value is -4.87. The van der Waals surface area contributed by atoms with Crippen LogP contribution in [-0.2, 0) is 0 Å². The van der Waals surface area contributed by atoms with Crippen LogP contribution in [0.3, 0.4) is 0 Å². The van der Waals surface area contributed by atoms with Gasteiger partial charge in [0.1, 0.15) is 16.9 Å². The molecule has 2 aromatic heterocycles. The van der Waals surface area contributed by atoms with Crippen molar-refractivity contribution in [3.8, 4) is 50.7 Å². The van der Waals surface area contributed by atoms with E-state index in [1.807, 2.05) is 24.3 Å². The van der Waals surface area contributed by atoms with Crippen LogP contribution in [0.15, 0.2) is 133 Å². The van der Waals surface area contributed by atoms with E-state index in [4.69, 9.17) is 13.7 Å². The van der Waals surface area contributed by atoms with Crippen LogP contribution in [0.25, 0.3) is 61.8 Å². The third-order valence-electron chi connectivity index (χ3n) is 6.73. The number of fused-ring (bicyclic) bond motifs is 1. The van der Waals surface area contributed by atoms with Crippen molar-refractivity contribution in [2.75, 3.05) is 0 Å². The summed E-state index contributed by atoms with van der Waals surface area (Å²) >= 11 is 1.24. The highest BCUT2D eigenvalue weighted by atomic mass is 32.1. The van der Waals surface area contributed by atoms with Gasteiger partial charge in [-0.15, -0.1) is 0 Å². The normalized spacial score (nSPS) is 11.2. The SMILES string of the molecule is c1ccc(-c2nc(-c3ccc(-c4ccccc4)c4nsnc34)n(-c3ccccc3)c2-c2ccccc2)cc1. The lowest BCUT2D eigenvalue weighted by atomic mass is 10.0. The number of benzene rings is 5. The lowest BCUT2D eigenvalue weighted by molar-refractivity contribution is 1.08. The second-order valence-corrected chi connectivity index (χ2v) is 9.55. The van der Waals surface area contributed by atoms with Crippen LogP contribution in [0.4, 0.5) is 0 Å². The molecule has 7 rings (SSSR count). The van der Waals surface area contributed by atoms with Gasteiger partial charge in [-0.05, 0) is 23.8 Å². The Morgan fingerprint density at radius 1 is 0.474 bits per heavy atom. The maximum atomic E-state index is 5.34. The number of hydrogen-bond acceptors (Lipinski definition) is 4. The van der Waals surface area contributed by atoms with Crippen molar-refractivity contribution >= 4 is 22.8 Å². The Labute approximate surface area is 224 Å². The molecule has 0 aliphatic rings. The molecule has 0 atom stereocenters. The first-order chi connectivity index (χ1) is 18.9. The Kier molecular flexibility index (Phi) is 5.61. The van der Waals surface area contributed by atoms with Crippen molar-refractivity contribution in [2.45, 2.75) is 0 Å². The van der Waals surface area contributed by atoms with E-state index in [9.17, 15) is 0 Å². The summed E-state index contributed by atoms with van der Waals surface area (Å²) in [5, 5.41) is 0. The van der Waals surface area contributed by atoms with Crippen molar-refractivity contribution < 1.29 is 0 Å². The highest BCUT2D eigenvalue weighted by molar-refractivity contribution is 7.00. The average molecular weight is 507 g/mol. The summed E-state index contributed by atoms with van der Waals surface area (Å²) in [6.07, 6.45) is 0. The minimum atomic E-state index is 0.839. The summed E-state index contributed by atoms with van der Waals surface area (Å²) < 4.78 is 11.8. The highest BCUT2D eigenvalue weighted by Crippen LogP contribution is 2.41. The van der Waals surface area contributed by atoms with Gasteiger partial charge in [0.15, 0.2) is 0 Å². The second-order valence-electron chi connectivity index (χ2n) is 9.02. The molecule has 0 fully saturated rings. The monoisotopic (exact) mass is 506 g/mol. The summed E-state index contributed by atoms with van der Waals surface area (Å²) in [7, 11) is 0. The lowest BCUT2D eigenvalue weighted by Crippen LogP contribution is -2.00. The van der Waals surface area contributed by atoms with Gasteiger partial charge >= 0.3 is 0 Å². The zero-order chi connectivity index (χ0) is 25.3. The molecule has 0 saturated carbocycles. The van der Waals surface area contributed by atoms with E-state index in [0.717, 1.165) is 61.8 Å². The smallest absolute Gasteiger partial charge is 0.148 e. The van der Waals surface area contributed by atoms with E-state index in [1.165, 1.54) is 11.7 Å². The number of imidazole rings is 1. The molecule has 0 unspecified atom stereocenters. The van der Waals surface area contributed by atoms with Gasteiger partial charge in [-0.1, -0.05) is 115 Å². The van der Waals surface area contributed by atoms with Gasteiger partial charge in [0.2, 0.25) is 0 Å². The van der Waals surface area contributed by atoms with Crippen molar-refractivity contribution in [1.82, 2.24) is 18.3 Å². The Bertz CT molecular complexity index is 1840. The van der Waals surface area contributed by atoms with Crippen LogP contribution >= 0.6 is 11.7 Å². The molecule has 5 heteroatoms. The number of nitrogens with zero attached hydrogens (tertiary/aromatic N) is 4. The van der Waals surface area contributed by atoms with Gasteiger partial charge in [-0.3, -0.25) is 4.57 Å². The van der Waals surface area contributed by atoms with Crippen molar-refractivity contribution in [3.05, 3.63) is 133 Å². The van der Waals surface area contributed by atoms with Crippen LogP contribution in [0, 0.1) is 0 Å². The third kappa shape index (κ3) is 3.81. The van der Waals surface area contributed by atoms with Crippen LogP contribution in [0.1, 0.15) is 0 Å². The second kappa shape index (κ2) is 9.54. The minimum Gasteiger partial charge on any atom is -0.292 e. The first-order valence-corrected chi connectivity index (χ1v) is 13.2. The maximum absolute atomic E-state index is 5.34. The van der Waals surface area contributed by atoms with Crippen molar-refractivity contribution in [3.63, 3.8) is 0 Å². The van der Waals surface area contributed by atoms with E-state index < -0.39 is 0 Å². The van der Waals surface area contributed by atoms with Crippen LogP contribution in [0.5, 0.6) is 0 Å². The van der Waals surface area contributed by atoms with E-state index in [2.05, 4.69) is 114 Å². The highest BCUT2D eigenvalue weighted by Gasteiger charge is 2.25. The fraction of sp³-hybridized carbons (Fsp3) is 0. The molecule has 4 nitrogen and oxygen atoms in total. The maximum Gasteiger partial charge on any atom is 0.148 e. The lowest BCUT2D eigenvalue weighted by Gasteiger charge is -2.14. The van der Waals surface area contributed by atoms with E-state index in [-0.39, 0.29) is 0 Å². The molecule has 7 aromatic rings. The molecule has 0 amide bonds. The van der Waals surface area contributed by atoms with Gasteiger partial charge in [-0.25, -0.2) is 4.98 Å². The number of rotatable bonds is 5. The molecule has 0 aliphatic carbocycles. The first kappa shape index (κ1) is 22.3. The van der Waals surface area contributed by atoms with Gasteiger partial charge in [-0.2, -0.15) is 8.75 Å². The fourth-order valence-corrected chi connectivity index (χ4v) is 5.56. The van der Waals surface area contributed by atoms with E-state index >= 15 is 0 Å². The molecule has 5 aromatic carbocycles. The molecule has 38 heavy (non-hydrogen) atoms. The Morgan fingerprint density at radius 2 is 0.974 bits per heavy atom.